The average Bonchev–Trinajstić information content (AvgIpc) is 3.59. The number of nitrogens with zero attached hydrogens (tertiary/aromatic N) is 4. The number of hydrogen-bond acceptors (Lipinski definition) is 2. The van der Waals surface area contributed by atoms with Crippen LogP contribution in [-0.4, -0.2) is 19.1 Å². The third-order valence-corrected chi connectivity index (χ3v) is 8.07. The molecule has 6 aromatic rings. The van der Waals surface area contributed by atoms with Gasteiger partial charge in [0.25, 0.3) is 0 Å². The molecule has 0 aliphatic heterocycles. The molecular weight excluding hydrogens is 512 g/mol. The molecule has 0 saturated carbocycles. The zero-order valence-electron chi connectivity index (χ0n) is 25.4. The van der Waals surface area contributed by atoms with E-state index in [9.17, 15) is 0 Å². The fourth-order valence-corrected chi connectivity index (χ4v) is 5.93. The Kier molecular flexibility index (Phi) is 7.55. The summed E-state index contributed by atoms with van der Waals surface area (Å²) >= 11 is 0. The van der Waals surface area contributed by atoms with E-state index in [1.165, 1.54) is 38.9 Å². The first-order chi connectivity index (χ1) is 20.3. The van der Waals surface area contributed by atoms with Crippen molar-refractivity contribution >= 4 is 11.0 Å². The number of benzene rings is 4. The molecule has 4 aromatic carbocycles. The Morgan fingerprint density at radius 1 is 0.762 bits per heavy atom. The van der Waals surface area contributed by atoms with Crippen LogP contribution in [0.3, 0.4) is 0 Å². The van der Waals surface area contributed by atoms with Gasteiger partial charge in [-0.3, -0.25) is 0 Å². The predicted octanol–water partition coefficient (Wildman–Crippen LogP) is 9.22. The summed E-state index contributed by atoms with van der Waals surface area (Å²) in [6.45, 7) is 12.8. The largest absolute Gasteiger partial charge is 0.332 e. The van der Waals surface area contributed by atoms with Crippen LogP contribution in [0.15, 0.2) is 104 Å². The van der Waals surface area contributed by atoms with Crippen LogP contribution in [0.5, 0.6) is 0 Å². The van der Waals surface area contributed by atoms with E-state index < -0.39 is 0 Å². The maximum atomic E-state index is 5.14. The number of rotatable bonds is 8. The molecule has 0 N–H and O–H groups in total. The summed E-state index contributed by atoms with van der Waals surface area (Å²) in [5, 5.41) is 0. The standard InChI is InChI=1S/C38H40N4/c1-6-12-36-40-37-27(2)21-31(34-25-41(26-39-34)23-28-13-8-7-9-14-28)22-35(37)42(36)24-29-17-19-30(20-18-29)32-15-10-11-16-33(32)38(3,4)5/h7-11,13-22,25-26H,6,12,23-24H2,1-5H3. The topological polar surface area (TPSA) is 35.6 Å². The van der Waals surface area contributed by atoms with Crippen molar-refractivity contribution in [2.45, 2.75) is 66.0 Å². The summed E-state index contributed by atoms with van der Waals surface area (Å²) in [5.74, 6) is 1.14. The molecule has 2 heterocycles. The predicted molar refractivity (Wildman–Crippen MR) is 175 cm³/mol. The second kappa shape index (κ2) is 11.4. The average molecular weight is 553 g/mol. The van der Waals surface area contributed by atoms with Crippen LogP contribution in [-0.2, 0) is 24.9 Å². The molecule has 0 unspecified atom stereocenters. The number of hydrogen-bond donors (Lipinski definition) is 0. The Morgan fingerprint density at radius 2 is 1.48 bits per heavy atom. The van der Waals surface area contributed by atoms with Gasteiger partial charge in [-0.1, -0.05) is 107 Å². The summed E-state index contributed by atoms with van der Waals surface area (Å²) in [5.41, 5.74) is 12.1. The molecule has 42 heavy (non-hydrogen) atoms. The minimum absolute atomic E-state index is 0.0903. The molecule has 0 aliphatic carbocycles. The monoisotopic (exact) mass is 552 g/mol. The van der Waals surface area contributed by atoms with E-state index in [1.807, 2.05) is 6.33 Å². The Morgan fingerprint density at radius 3 is 2.21 bits per heavy atom. The van der Waals surface area contributed by atoms with Gasteiger partial charge in [-0.05, 0) is 64.3 Å². The molecule has 4 heteroatoms. The van der Waals surface area contributed by atoms with Gasteiger partial charge in [0.1, 0.15) is 5.82 Å². The Hall–Kier alpha value is -4.44. The molecule has 2 aromatic heterocycles. The molecule has 0 amide bonds. The van der Waals surface area contributed by atoms with Crippen LogP contribution >= 0.6 is 0 Å². The second-order valence-corrected chi connectivity index (χ2v) is 12.4. The van der Waals surface area contributed by atoms with Crippen LogP contribution in [0.25, 0.3) is 33.4 Å². The highest BCUT2D eigenvalue weighted by atomic mass is 15.1. The minimum Gasteiger partial charge on any atom is -0.332 e. The summed E-state index contributed by atoms with van der Waals surface area (Å²) in [6.07, 6.45) is 6.09. The van der Waals surface area contributed by atoms with Crippen LogP contribution < -0.4 is 0 Å². The minimum atomic E-state index is 0.0903. The van der Waals surface area contributed by atoms with Gasteiger partial charge in [0.05, 0.1) is 23.1 Å². The normalized spacial score (nSPS) is 11.8. The van der Waals surface area contributed by atoms with Crippen LogP contribution in [0.2, 0.25) is 0 Å². The maximum Gasteiger partial charge on any atom is 0.110 e. The molecule has 212 valence electrons. The van der Waals surface area contributed by atoms with E-state index in [0.29, 0.717) is 0 Å². The van der Waals surface area contributed by atoms with Gasteiger partial charge >= 0.3 is 0 Å². The van der Waals surface area contributed by atoms with Crippen molar-refractivity contribution in [1.82, 2.24) is 19.1 Å². The lowest BCUT2D eigenvalue weighted by Crippen LogP contribution is -2.12. The van der Waals surface area contributed by atoms with E-state index in [1.54, 1.807) is 0 Å². The van der Waals surface area contributed by atoms with Gasteiger partial charge in [0, 0.05) is 31.3 Å². The SMILES string of the molecule is CCCc1nc2c(C)cc(-c3cn(Cc4ccccc4)cn3)cc2n1Cc1ccc(-c2ccccc2C(C)(C)C)cc1. The van der Waals surface area contributed by atoms with Crippen molar-refractivity contribution in [2.24, 2.45) is 0 Å². The molecule has 0 saturated heterocycles. The van der Waals surface area contributed by atoms with Crippen LogP contribution in [0, 0.1) is 6.92 Å². The van der Waals surface area contributed by atoms with Crippen molar-refractivity contribution < 1.29 is 0 Å². The highest BCUT2D eigenvalue weighted by molar-refractivity contribution is 5.85. The van der Waals surface area contributed by atoms with E-state index in [-0.39, 0.29) is 5.41 Å². The third-order valence-electron chi connectivity index (χ3n) is 8.07. The molecule has 0 fully saturated rings. The second-order valence-electron chi connectivity index (χ2n) is 12.4. The lowest BCUT2D eigenvalue weighted by atomic mass is 9.82. The quantitative estimate of drug-likeness (QED) is 0.189. The molecule has 0 atom stereocenters. The van der Waals surface area contributed by atoms with E-state index in [0.717, 1.165) is 48.5 Å². The molecule has 0 bridgehead atoms. The highest BCUT2D eigenvalue weighted by Gasteiger charge is 2.19. The molecule has 0 spiro atoms. The highest BCUT2D eigenvalue weighted by Crippen LogP contribution is 2.33. The fourth-order valence-electron chi connectivity index (χ4n) is 5.93. The van der Waals surface area contributed by atoms with Gasteiger partial charge in [0.2, 0.25) is 0 Å². The van der Waals surface area contributed by atoms with E-state index >= 15 is 0 Å². The van der Waals surface area contributed by atoms with Crippen molar-refractivity contribution in [3.05, 3.63) is 132 Å². The summed E-state index contributed by atoms with van der Waals surface area (Å²) < 4.78 is 4.57. The van der Waals surface area contributed by atoms with Gasteiger partial charge in [-0.15, -0.1) is 0 Å². The number of fused-ring (bicyclic) bond motifs is 1. The van der Waals surface area contributed by atoms with Gasteiger partial charge in [-0.25, -0.2) is 9.97 Å². The molecule has 0 aliphatic rings. The first-order valence-electron chi connectivity index (χ1n) is 15.0. The molecule has 6 rings (SSSR count). The number of imidazole rings is 2. The first-order valence-corrected chi connectivity index (χ1v) is 15.0. The molecule has 0 radical (unpaired) electrons. The van der Waals surface area contributed by atoms with Gasteiger partial charge < -0.3 is 9.13 Å². The van der Waals surface area contributed by atoms with Crippen LogP contribution in [0.1, 0.15) is 62.2 Å². The lowest BCUT2D eigenvalue weighted by molar-refractivity contribution is 0.592. The van der Waals surface area contributed by atoms with Crippen LogP contribution in [0.4, 0.5) is 0 Å². The summed E-state index contributed by atoms with van der Waals surface area (Å²) in [4.78, 5) is 9.92. The number of aryl methyl sites for hydroxylation is 2. The Bertz CT molecular complexity index is 1820. The third kappa shape index (κ3) is 5.67. The van der Waals surface area contributed by atoms with Crippen molar-refractivity contribution in [3.8, 4) is 22.4 Å². The van der Waals surface area contributed by atoms with E-state index in [4.69, 9.17) is 9.97 Å². The zero-order chi connectivity index (χ0) is 29.3. The van der Waals surface area contributed by atoms with Crippen molar-refractivity contribution in [3.63, 3.8) is 0 Å². The van der Waals surface area contributed by atoms with Gasteiger partial charge in [0.15, 0.2) is 0 Å². The summed E-state index contributed by atoms with van der Waals surface area (Å²) in [6, 6.07) is 32.9. The van der Waals surface area contributed by atoms with Crippen molar-refractivity contribution in [2.75, 3.05) is 0 Å². The Labute approximate surface area is 249 Å². The smallest absolute Gasteiger partial charge is 0.110 e. The van der Waals surface area contributed by atoms with Gasteiger partial charge in [-0.2, -0.15) is 0 Å². The Balaban J connectivity index is 1.33. The molecule has 4 nitrogen and oxygen atoms in total. The zero-order valence-corrected chi connectivity index (χ0v) is 25.4. The molecular formula is C38H40N4. The first kappa shape index (κ1) is 27.7. The maximum absolute atomic E-state index is 5.14. The van der Waals surface area contributed by atoms with Crippen molar-refractivity contribution in [1.29, 1.82) is 0 Å². The van der Waals surface area contributed by atoms with E-state index in [2.05, 4.69) is 141 Å². The number of aromatic nitrogens is 4. The summed E-state index contributed by atoms with van der Waals surface area (Å²) in [7, 11) is 0. The fraction of sp³-hybridized carbons (Fsp3) is 0.263. The lowest BCUT2D eigenvalue weighted by Gasteiger charge is -2.23.